The van der Waals surface area contributed by atoms with Crippen LogP contribution in [0.5, 0.6) is 0 Å². The first-order valence-electron chi connectivity index (χ1n) is 9.31. The van der Waals surface area contributed by atoms with Crippen LogP contribution in [0.3, 0.4) is 0 Å². The van der Waals surface area contributed by atoms with E-state index in [0.29, 0.717) is 33.5 Å². The molecule has 0 atom stereocenters. The Hall–Kier alpha value is -3.91. The van der Waals surface area contributed by atoms with E-state index >= 15 is 0 Å². The molecule has 2 heterocycles. The molecule has 0 fully saturated rings. The van der Waals surface area contributed by atoms with Gasteiger partial charge in [-0.1, -0.05) is 46.3 Å². The normalized spacial score (nSPS) is 11.3. The average molecular weight is 477 g/mol. The summed E-state index contributed by atoms with van der Waals surface area (Å²) in [5, 5.41) is 15.9. The second-order valence-electron chi connectivity index (χ2n) is 6.64. The van der Waals surface area contributed by atoms with Gasteiger partial charge in [0.2, 0.25) is 0 Å². The summed E-state index contributed by atoms with van der Waals surface area (Å²) in [5.41, 5.74) is 2.99. The van der Waals surface area contributed by atoms with E-state index < -0.39 is 12.0 Å². The number of halogens is 1. The zero-order chi connectivity index (χ0) is 21.8. The maximum atomic E-state index is 12.5. The molecular formula is C23H17BrN4O3. The lowest BCUT2D eigenvalue weighted by molar-refractivity contribution is -0.130. The Morgan fingerprint density at radius 3 is 2.45 bits per heavy atom. The van der Waals surface area contributed by atoms with Crippen molar-refractivity contribution in [1.29, 1.82) is 0 Å². The molecule has 2 aromatic heterocycles. The van der Waals surface area contributed by atoms with Gasteiger partial charge in [-0.2, -0.15) is 0 Å². The number of fused-ring (bicyclic) bond motifs is 1. The minimum absolute atomic E-state index is 0.135. The monoisotopic (exact) mass is 476 g/mol. The number of anilines is 2. The average Bonchev–Trinajstić information content (AvgIpc) is 3.18. The van der Waals surface area contributed by atoms with Gasteiger partial charge in [-0.05, 0) is 42.0 Å². The van der Waals surface area contributed by atoms with Gasteiger partial charge < -0.3 is 20.7 Å². The van der Waals surface area contributed by atoms with Gasteiger partial charge in [-0.15, -0.1) is 0 Å². The zero-order valence-corrected chi connectivity index (χ0v) is 17.7. The molecular weight excluding hydrogens is 460 g/mol. The fourth-order valence-electron chi connectivity index (χ4n) is 3.16. The number of amides is 2. The summed E-state index contributed by atoms with van der Waals surface area (Å²) >= 11 is 3.36. The Morgan fingerprint density at radius 2 is 1.74 bits per heavy atom. The molecule has 154 valence electrons. The van der Waals surface area contributed by atoms with E-state index in [4.69, 9.17) is 0 Å². The third kappa shape index (κ3) is 4.65. The summed E-state index contributed by atoms with van der Waals surface area (Å²) in [4.78, 5) is 31.7. The van der Waals surface area contributed by atoms with Crippen LogP contribution in [0.25, 0.3) is 22.7 Å². The first-order chi connectivity index (χ1) is 15.0. The van der Waals surface area contributed by atoms with Crippen LogP contribution in [0, 0.1) is 0 Å². The number of aromatic amines is 1. The molecule has 0 radical (unpaired) electrons. The predicted molar refractivity (Wildman–Crippen MR) is 125 cm³/mol. The number of rotatable bonds is 5. The van der Waals surface area contributed by atoms with Gasteiger partial charge in [0.1, 0.15) is 5.65 Å². The number of carboxylic acid groups (broad SMARTS) is 1. The molecule has 0 unspecified atom stereocenters. The highest BCUT2D eigenvalue weighted by Crippen LogP contribution is 2.29. The molecule has 4 rings (SSSR count). The number of pyridine rings is 1. The van der Waals surface area contributed by atoms with Gasteiger partial charge >= 0.3 is 12.0 Å². The van der Waals surface area contributed by atoms with E-state index in [0.717, 1.165) is 4.47 Å². The number of H-pyrrole nitrogens is 1. The number of carbonyl (C=O) groups excluding carboxylic acids is 1. The highest BCUT2D eigenvalue weighted by atomic mass is 79.9. The van der Waals surface area contributed by atoms with Crippen molar-refractivity contribution in [1.82, 2.24) is 9.97 Å². The topological polar surface area (TPSA) is 107 Å². The first kappa shape index (κ1) is 20.4. The van der Waals surface area contributed by atoms with Crippen LogP contribution in [0.15, 0.2) is 77.5 Å². The molecule has 4 aromatic rings. The number of urea groups is 1. The lowest BCUT2D eigenvalue weighted by atomic mass is 10.0. The number of carbonyl (C=O) groups is 2. The van der Waals surface area contributed by atoms with Crippen LogP contribution in [-0.4, -0.2) is 27.1 Å². The van der Waals surface area contributed by atoms with Crippen molar-refractivity contribution < 1.29 is 14.7 Å². The number of benzene rings is 2. The third-order valence-electron chi connectivity index (χ3n) is 4.57. The van der Waals surface area contributed by atoms with Crippen molar-refractivity contribution in [2.45, 2.75) is 0 Å². The highest BCUT2D eigenvalue weighted by molar-refractivity contribution is 9.10. The van der Waals surface area contributed by atoms with Gasteiger partial charge in [0, 0.05) is 33.5 Å². The molecule has 7 nitrogen and oxygen atoms in total. The van der Waals surface area contributed by atoms with Crippen molar-refractivity contribution >= 4 is 62.0 Å². The van der Waals surface area contributed by atoms with E-state index in [2.05, 4.69) is 36.5 Å². The summed E-state index contributed by atoms with van der Waals surface area (Å²) in [6, 6.07) is 17.3. The molecule has 0 aliphatic heterocycles. The zero-order valence-electron chi connectivity index (χ0n) is 16.1. The summed E-state index contributed by atoms with van der Waals surface area (Å²) in [7, 11) is 0. The van der Waals surface area contributed by atoms with Crippen LogP contribution in [-0.2, 0) is 4.79 Å². The standard InChI is InChI=1S/C23H17BrN4O3/c24-16-6-8-17(9-7-16)27-23(31)28-19-10-11-25-21-20(19)15(13-26-21)12-18(22(29)30)14-4-2-1-3-5-14/h1-13H,(H,29,30)(H3,25,26,27,28,31)/b18-12+. The third-order valence-corrected chi connectivity index (χ3v) is 5.10. The molecule has 2 amide bonds. The number of carboxylic acids is 1. The quantitative estimate of drug-likeness (QED) is 0.281. The van der Waals surface area contributed by atoms with Crippen molar-refractivity contribution in [2.24, 2.45) is 0 Å². The Labute approximate surface area is 186 Å². The molecule has 0 bridgehead atoms. The van der Waals surface area contributed by atoms with Crippen LogP contribution < -0.4 is 10.6 Å². The molecule has 0 aliphatic rings. The molecule has 0 saturated heterocycles. The first-order valence-corrected chi connectivity index (χ1v) is 10.1. The number of aliphatic carboxylic acids is 1. The maximum absolute atomic E-state index is 12.5. The van der Waals surface area contributed by atoms with Gasteiger partial charge in [-0.3, -0.25) is 0 Å². The predicted octanol–water partition coefficient (Wildman–Crippen LogP) is 5.59. The van der Waals surface area contributed by atoms with Crippen molar-refractivity contribution in [3.8, 4) is 0 Å². The molecule has 2 aromatic carbocycles. The lowest BCUT2D eigenvalue weighted by Crippen LogP contribution is -2.19. The summed E-state index contributed by atoms with van der Waals surface area (Å²) in [5.74, 6) is -1.05. The number of hydrogen-bond acceptors (Lipinski definition) is 3. The smallest absolute Gasteiger partial charge is 0.336 e. The summed E-state index contributed by atoms with van der Waals surface area (Å²) in [6.45, 7) is 0. The molecule has 0 aliphatic carbocycles. The SMILES string of the molecule is O=C(Nc1ccc(Br)cc1)Nc1ccnc2[nH]cc(/C=C(/C(=O)O)c3ccccc3)c12. The van der Waals surface area contributed by atoms with Crippen molar-refractivity contribution in [3.63, 3.8) is 0 Å². The maximum Gasteiger partial charge on any atom is 0.336 e. The second-order valence-corrected chi connectivity index (χ2v) is 7.56. The molecule has 8 heteroatoms. The van der Waals surface area contributed by atoms with Gasteiger partial charge in [0.05, 0.1) is 11.3 Å². The highest BCUT2D eigenvalue weighted by Gasteiger charge is 2.15. The summed E-state index contributed by atoms with van der Waals surface area (Å²) < 4.78 is 0.908. The van der Waals surface area contributed by atoms with Crippen molar-refractivity contribution in [3.05, 3.63) is 88.7 Å². The largest absolute Gasteiger partial charge is 0.478 e. The fraction of sp³-hybridized carbons (Fsp3) is 0. The van der Waals surface area contributed by atoms with E-state index in [1.54, 1.807) is 60.9 Å². The Bertz CT molecular complexity index is 1280. The molecule has 31 heavy (non-hydrogen) atoms. The van der Waals surface area contributed by atoms with Crippen LogP contribution >= 0.6 is 15.9 Å². The minimum atomic E-state index is -1.05. The summed E-state index contributed by atoms with van der Waals surface area (Å²) in [6.07, 6.45) is 4.80. The van der Waals surface area contributed by atoms with Gasteiger partial charge in [0.15, 0.2) is 0 Å². The van der Waals surface area contributed by atoms with Gasteiger partial charge in [-0.25, -0.2) is 14.6 Å². The number of hydrogen-bond donors (Lipinski definition) is 4. The number of nitrogens with zero attached hydrogens (tertiary/aromatic N) is 1. The van der Waals surface area contributed by atoms with Gasteiger partial charge in [0.25, 0.3) is 0 Å². The Morgan fingerprint density at radius 1 is 1.00 bits per heavy atom. The molecule has 0 saturated carbocycles. The van der Waals surface area contributed by atoms with Crippen LogP contribution in [0.2, 0.25) is 0 Å². The van der Waals surface area contributed by atoms with E-state index in [-0.39, 0.29) is 5.57 Å². The second kappa shape index (κ2) is 8.85. The Balaban J connectivity index is 1.68. The van der Waals surface area contributed by atoms with E-state index in [1.807, 2.05) is 18.2 Å². The Kier molecular flexibility index (Phi) is 5.81. The van der Waals surface area contributed by atoms with E-state index in [1.165, 1.54) is 0 Å². The van der Waals surface area contributed by atoms with Crippen LogP contribution in [0.4, 0.5) is 16.2 Å². The van der Waals surface area contributed by atoms with E-state index in [9.17, 15) is 14.7 Å². The van der Waals surface area contributed by atoms with Crippen molar-refractivity contribution in [2.75, 3.05) is 10.6 Å². The number of nitrogens with one attached hydrogen (secondary N) is 3. The molecule has 0 spiro atoms. The number of aromatic nitrogens is 2. The fourth-order valence-corrected chi connectivity index (χ4v) is 3.42. The van der Waals surface area contributed by atoms with Crippen LogP contribution in [0.1, 0.15) is 11.1 Å². The minimum Gasteiger partial charge on any atom is -0.478 e. The molecule has 4 N–H and O–H groups in total. The lowest BCUT2D eigenvalue weighted by Gasteiger charge is -2.09.